The normalized spacial score (nSPS) is 20.4. The number of fused-ring (bicyclic) bond motifs is 6. The number of hydrogen-bond donors (Lipinski definition) is 14. The third-order valence-electron chi connectivity index (χ3n) is 19.1. The molecule has 0 spiro atoms. The van der Waals surface area contributed by atoms with Gasteiger partial charge < -0.3 is 64.2 Å². The lowest BCUT2D eigenvalue weighted by atomic mass is 9.79. The van der Waals surface area contributed by atoms with Crippen LogP contribution in [0.15, 0.2) is 138 Å². The Hall–Kier alpha value is -7.93. The molecule has 10 rings (SSSR count). The third kappa shape index (κ3) is 24.7. The molecule has 119 heavy (non-hydrogen) atoms. The molecular weight excluding hydrogens is 1730 g/mol. The number of ether oxygens (including phenoxy) is 2. The first kappa shape index (κ1) is 93.3. The van der Waals surface area contributed by atoms with Crippen LogP contribution in [0.4, 0.5) is 11.4 Å². The summed E-state index contributed by atoms with van der Waals surface area (Å²) in [7, 11) is -42.8. The van der Waals surface area contributed by atoms with Gasteiger partial charge in [0, 0.05) is 72.7 Å². The second-order valence-electron chi connectivity index (χ2n) is 28.4. The molecule has 6 heterocycles. The van der Waals surface area contributed by atoms with Gasteiger partial charge in [-0.1, -0.05) is 80.4 Å². The maximum atomic E-state index is 13.1. The summed E-state index contributed by atoms with van der Waals surface area (Å²) in [4.78, 5) is 157. The Morgan fingerprint density at radius 3 is 1.50 bits per heavy atom. The van der Waals surface area contributed by atoms with Crippen LogP contribution >= 0.6 is 46.9 Å². The molecule has 4 aliphatic heterocycles. The number of nitrogens with zero attached hydrogens (tertiary/aromatic N) is 4. The lowest BCUT2D eigenvalue weighted by molar-refractivity contribution is -0.438. The van der Waals surface area contributed by atoms with E-state index in [1.807, 2.05) is 70.2 Å². The zero-order chi connectivity index (χ0) is 87.2. The van der Waals surface area contributed by atoms with E-state index in [1.54, 1.807) is 24.3 Å². The number of hydrogen-bond acceptors (Lipinski definition) is 25. The summed E-state index contributed by atoms with van der Waals surface area (Å²) in [6.45, 7) is 7.17. The van der Waals surface area contributed by atoms with Crippen LogP contribution in [-0.4, -0.2) is 158 Å². The minimum atomic E-state index is -5.78. The number of aromatic amines is 2. The van der Waals surface area contributed by atoms with Gasteiger partial charge in [0.1, 0.15) is 30.1 Å². The number of amides is 2. The highest BCUT2D eigenvalue weighted by Gasteiger charge is 2.48. The van der Waals surface area contributed by atoms with E-state index in [9.17, 15) is 102 Å². The maximum Gasteiger partial charge on any atom is 0.490 e. The molecule has 8 atom stereocenters. The first-order valence-electron chi connectivity index (χ1n) is 36.1. The zero-order valence-corrected chi connectivity index (χ0v) is 70.4. The van der Waals surface area contributed by atoms with Gasteiger partial charge in [-0.3, -0.25) is 56.4 Å². The monoisotopic (exact) mass is 1820 g/mol. The van der Waals surface area contributed by atoms with E-state index in [-0.39, 0.29) is 84.3 Å². The molecular formula is C69H83N8O34P6S2+. The van der Waals surface area contributed by atoms with Crippen LogP contribution in [0, 0.1) is 23.7 Å². The Morgan fingerprint density at radius 2 is 1.03 bits per heavy atom. The molecule has 4 aromatic carbocycles. The van der Waals surface area contributed by atoms with Crippen molar-refractivity contribution in [3.63, 3.8) is 0 Å². The first-order chi connectivity index (χ1) is 55.4. The molecule has 2 fully saturated rings. The number of nitrogens with one attached hydrogen (secondary N) is 4. The van der Waals surface area contributed by atoms with Gasteiger partial charge >= 0.3 is 58.3 Å². The Bertz CT molecular complexity index is 6080. The molecule has 2 amide bonds. The van der Waals surface area contributed by atoms with Crippen LogP contribution in [0.5, 0.6) is 0 Å². The van der Waals surface area contributed by atoms with Crippen molar-refractivity contribution >= 4 is 118 Å². The molecule has 2 aromatic heterocycles. The number of rotatable bonds is 35. The summed E-state index contributed by atoms with van der Waals surface area (Å²) in [5, 5.41) is 8.01. The summed E-state index contributed by atoms with van der Waals surface area (Å²) < 4.78 is 178. The molecule has 4 unspecified atom stereocenters. The summed E-state index contributed by atoms with van der Waals surface area (Å²) >= 11 is 0. The van der Waals surface area contributed by atoms with Crippen molar-refractivity contribution in [1.82, 2.24) is 29.7 Å². The number of H-pyrrole nitrogens is 2. The van der Waals surface area contributed by atoms with Crippen LogP contribution in [0.3, 0.4) is 0 Å². The molecule has 50 heteroatoms. The number of aromatic nitrogens is 4. The van der Waals surface area contributed by atoms with E-state index in [2.05, 4.69) is 80.0 Å². The number of unbranched alkanes of at least 4 members (excludes halogenated alkanes) is 4. The standard InChI is InChI=1S/C69H82N8O34P6S2/c1-68(2)56(74(54-30-22-44-38-50(118(98,99)100)26-28-52(44)62(54)68)36-12-6-10-20-58(78)70-34-14-16-46-40-76(66(82)72-64(46)80)60-32-24-48(106-60)42-104-114(90,91)110-116(94,95)108-112(84,85)86)18-8-5-9-19-57-69(3,4)63-53-29-27-51(119(101,102)103)39-45(53)23-31-55(63)75(57)37-13-7-11-21-59(79)71-35-15-17-47-41-77(67(83)73-65(47)81)61-33-25-49(107-61)43-105-115(92,93)111-117(96,97)109-113(87,88)89/h5,8-9,18-19,22-23,26-31,38-41,48-49,60-61H,6-7,10-13,20-21,24-25,32-37,42-43H2,1-4H3,(H13-,70,71,72,73,78,79,80,81,82,83,84,85,86,87,88,89,90,91,92,93,94,95,96,97,98,99,100,101,102,103)/p+1/t48-,49-,60+,61+/m0/s1. The summed E-state index contributed by atoms with van der Waals surface area (Å²) in [6, 6.07) is 16.1. The van der Waals surface area contributed by atoms with Crippen LogP contribution in [0.1, 0.15) is 139 Å². The number of carbonyl (C=O) groups is 2. The van der Waals surface area contributed by atoms with Crippen LogP contribution in [-0.2, 0) is 104 Å². The Labute approximate surface area is 677 Å². The van der Waals surface area contributed by atoms with Crippen molar-refractivity contribution < 1.29 is 142 Å². The Morgan fingerprint density at radius 1 is 0.571 bits per heavy atom. The largest absolute Gasteiger partial charge is 0.490 e. The van der Waals surface area contributed by atoms with Crippen molar-refractivity contribution in [1.29, 1.82) is 0 Å². The van der Waals surface area contributed by atoms with Crippen LogP contribution in [0.2, 0.25) is 0 Å². The minimum Gasteiger partial charge on any atom is -0.352 e. The molecule has 644 valence electrons. The molecule has 0 saturated carbocycles. The van der Waals surface area contributed by atoms with Gasteiger partial charge in [0.15, 0.2) is 5.71 Å². The van der Waals surface area contributed by atoms with Gasteiger partial charge in [-0.25, -0.2) is 37.0 Å². The number of benzene rings is 4. The second-order valence-corrected chi connectivity index (χ2v) is 40.1. The topological polar surface area (TPSA) is 621 Å². The minimum absolute atomic E-state index is 0.0814. The number of phosphoric ester groups is 2. The average Bonchev–Trinajstić information content (AvgIpc) is 1.58. The lowest BCUT2D eigenvalue weighted by Gasteiger charge is -2.27. The van der Waals surface area contributed by atoms with Crippen LogP contribution in [0.25, 0.3) is 21.5 Å². The average molecular weight is 1820 g/mol. The number of anilines is 1. The molecule has 0 bridgehead atoms. The van der Waals surface area contributed by atoms with Gasteiger partial charge in [-0.15, -0.1) is 0 Å². The number of allylic oxidation sites excluding steroid dienone is 6. The Kier molecular flexibility index (Phi) is 29.3. The molecule has 14 N–H and O–H groups in total. The van der Waals surface area contributed by atoms with Gasteiger partial charge in [-0.2, -0.15) is 38.7 Å². The quantitative estimate of drug-likeness (QED) is 0.00482. The predicted molar refractivity (Wildman–Crippen MR) is 422 cm³/mol. The highest BCUT2D eigenvalue weighted by atomic mass is 32.2. The first-order valence-corrected chi connectivity index (χ1v) is 48.0. The highest BCUT2D eigenvalue weighted by Crippen LogP contribution is 2.68. The predicted octanol–water partition coefficient (Wildman–Crippen LogP) is 6.86. The van der Waals surface area contributed by atoms with Gasteiger partial charge in [-0.05, 0) is 135 Å². The van der Waals surface area contributed by atoms with Crippen molar-refractivity contribution in [3.8, 4) is 23.7 Å². The van der Waals surface area contributed by atoms with Crippen molar-refractivity contribution in [2.45, 2.75) is 150 Å². The fourth-order valence-corrected chi connectivity index (χ4v) is 21.2. The van der Waals surface area contributed by atoms with Gasteiger partial charge in [0.2, 0.25) is 17.5 Å². The van der Waals surface area contributed by atoms with E-state index >= 15 is 0 Å². The van der Waals surface area contributed by atoms with Gasteiger partial charge in [0.05, 0.1) is 53.7 Å². The molecule has 0 radical (unpaired) electrons. The van der Waals surface area contributed by atoms with E-state index in [0.717, 1.165) is 66.2 Å². The SMILES string of the molecule is CC1(C)C(/C=C/C=C/C=C2\N(CCCCCC(=O)NCC#Cc3cn([C@H]4CC[C@@H](COP(=O)(O)OP(=O)(O)OP(=O)(O)O)O4)c(=O)[nH]c3=O)c3ccc4cc(S(=O)(=O)O)ccc4c3C2(C)C)=[N+](CCCCCC(=O)NCC#Cc2cn([C@H]3CC[C@@H](COP(=O)(O)OP(=O)(O)OP(=O)(O)O)O3)c(=O)[nH]c2=O)c2ccc3cc(S(=O)(=O)O)ccc3c21. The van der Waals surface area contributed by atoms with E-state index in [4.69, 9.17) is 29.0 Å². The maximum absolute atomic E-state index is 13.1. The van der Waals surface area contributed by atoms with E-state index < -0.39 is 138 Å². The number of carbonyl (C=O) groups excluding carboxylic acids is 2. The lowest BCUT2D eigenvalue weighted by Crippen LogP contribution is -2.33. The fraction of sp³-hybridized carbons (Fsp3) is 0.406. The molecule has 0 aliphatic carbocycles. The van der Waals surface area contributed by atoms with Crippen molar-refractivity contribution in [2.75, 3.05) is 44.3 Å². The van der Waals surface area contributed by atoms with Crippen molar-refractivity contribution in [2.24, 2.45) is 0 Å². The fourth-order valence-electron chi connectivity index (χ4n) is 14.1. The van der Waals surface area contributed by atoms with Gasteiger partial charge in [0.25, 0.3) is 31.4 Å². The Balaban J connectivity index is 0.768. The van der Waals surface area contributed by atoms with E-state index in [1.165, 1.54) is 24.3 Å². The summed E-state index contributed by atoms with van der Waals surface area (Å²) in [6.07, 6.45) is 11.4. The van der Waals surface area contributed by atoms with E-state index in [0.29, 0.717) is 62.4 Å². The highest BCUT2D eigenvalue weighted by molar-refractivity contribution is 7.86. The summed E-state index contributed by atoms with van der Waals surface area (Å²) in [5.41, 5.74) is -0.0937. The molecule has 2 saturated heterocycles. The molecule has 42 nitrogen and oxygen atoms in total. The smallest absolute Gasteiger partial charge is 0.352 e. The number of phosphoric acid groups is 6. The third-order valence-corrected chi connectivity index (χ3v) is 28.4. The van der Waals surface area contributed by atoms with Crippen molar-refractivity contribution in [3.05, 3.63) is 173 Å². The summed E-state index contributed by atoms with van der Waals surface area (Å²) in [5.74, 6) is 9.87. The second kappa shape index (κ2) is 37.4. The molecule has 4 aliphatic rings. The molecule has 6 aromatic rings. The zero-order valence-electron chi connectivity index (χ0n) is 63.4. The van der Waals surface area contributed by atoms with Crippen LogP contribution < -0.4 is 38.0 Å².